The maximum atomic E-state index is 12.4. The zero-order valence-electron chi connectivity index (χ0n) is 22.7. The van der Waals surface area contributed by atoms with E-state index in [0.717, 1.165) is 57.0 Å². The van der Waals surface area contributed by atoms with Crippen molar-refractivity contribution in [1.29, 1.82) is 0 Å². The van der Waals surface area contributed by atoms with Gasteiger partial charge in [-0.3, -0.25) is 9.79 Å². The Bertz CT molecular complexity index is 859. The van der Waals surface area contributed by atoms with E-state index < -0.39 is 5.60 Å². The molecule has 3 aliphatic carbocycles. The SMILES string of the molecule is CC(=O)N1CCC[C@H]2[C@@H](C[C@@H]3CC[C@]4(O)C(=N3)C[C@@H]3C[C@@H](C)C[C@H]5[C@@H]3C[C@@H]4CN5C)C[C@H](C)C[C@H]21. The van der Waals surface area contributed by atoms with E-state index in [0.29, 0.717) is 47.7 Å². The summed E-state index contributed by atoms with van der Waals surface area (Å²) < 4.78 is 0. The van der Waals surface area contributed by atoms with E-state index in [2.05, 4.69) is 30.7 Å². The maximum absolute atomic E-state index is 12.4. The Morgan fingerprint density at radius 3 is 2.63 bits per heavy atom. The summed E-state index contributed by atoms with van der Waals surface area (Å²) >= 11 is 0. The number of nitrogens with zero attached hydrogens (tertiary/aromatic N) is 3. The van der Waals surface area contributed by atoms with Gasteiger partial charge in [0, 0.05) is 43.7 Å². The number of aliphatic hydroxyl groups is 1. The molecule has 0 aromatic heterocycles. The third-order valence-electron chi connectivity index (χ3n) is 11.7. The fraction of sp³-hybridized carbons (Fsp3) is 0.933. The van der Waals surface area contributed by atoms with Gasteiger partial charge in [-0.25, -0.2) is 0 Å². The van der Waals surface area contributed by atoms with Crippen LogP contribution >= 0.6 is 0 Å². The van der Waals surface area contributed by atoms with E-state index in [1.54, 1.807) is 6.92 Å². The molecule has 2 saturated heterocycles. The Morgan fingerprint density at radius 1 is 1.06 bits per heavy atom. The Labute approximate surface area is 213 Å². The fourth-order valence-electron chi connectivity index (χ4n) is 10.2. The molecule has 0 spiro atoms. The van der Waals surface area contributed by atoms with Gasteiger partial charge in [0.15, 0.2) is 0 Å². The van der Waals surface area contributed by atoms with Crippen molar-refractivity contribution in [3.8, 4) is 0 Å². The van der Waals surface area contributed by atoms with E-state index in [4.69, 9.17) is 4.99 Å². The molecule has 3 saturated carbocycles. The number of carbonyl (C=O) groups excluding carboxylic acids is 1. The number of amides is 1. The van der Waals surface area contributed by atoms with Crippen LogP contribution in [0.1, 0.15) is 91.4 Å². The lowest BCUT2D eigenvalue weighted by atomic mass is 9.65. The molecule has 5 nitrogen and oxygen atoms in total. The summed E-state index contributed by atoms with van der Waals surface area (Å²) in [5.74, 6) is 4.84. The van der Waals surface area contributed by atoms with Crippen LogP contribution in [-0.4, -0.2) is 70.4 Å². The first kappa shape index (κ1) is 24.4. The number of hydrogen-bond donors (Lipinski definition) is 1. The zero-order valence-corrected chi connectivity index (χ0v) is 22.7. The third kappa shape index (κ3) is 4.21. The molecule has 0 radical (unpaired) electrons. The summed E-state index contributed by atoms with van der Waals surface area (Å²) in [6.07, 6.45) is 12.9. The number of aliphatic imine (C=N–C) groups is 1. The minimum absolute atomic E-state index is 0.269. The first-order valence-corrected chi connectivity index (χ1v) is 15.0. The van der Waals surface area contributed by atoms with E-state index in [-0.39, 0.29) is 5.91 Å². The van der Waals surface area contributed by atoms with Gasteiger partial charge in [0.05, 0.1) is 6.04 Å². The van der Waals surface area contributed by atoms with Crippen LogP contribution in [0, 0.1) is 41.4 Å². The maximum Gasteiger partial charge on any atom is 0.219 e. The third-order valence-corrected chi connectivity index (χ3v) is 11.7. The van der Waals surface area contributed by atoms with E-state index in [1.165, 1.54) is 44.2 Å². The number of likely N-dealkylation sites (tertiary alicyclic amines) is 2. The Morgan fingerprint density at radius 2 is 1.83 bits per heavy atom. The van der Waals surface area contributed by atoms with Crippen molar-refractivity contribution >= 4 is 11.6 Å². The van der Waals surface area contributed by atoms with Crippen LogP contribution in [0.5, 0.6) is 0 Å². The van der Waals surface area contributed by atoms with Gasteiger partial charge in [0.1, 0.15) is 5.60 Å². The molecule has 0 aromatic carbocycles. The average Bonchev–Trinajstić information content (AvgIpc) is 2.91. The first-order valence-electron chi connectivity index (χ1n) is 15.0. The highest BCUT2D eigenvalue weighted by Gasteiger charge is 2.55. The van der Waals surface area contributed by atoms with Gasteiger partial charge in [0.25, 0.3) is 0 Å². The number of carbonyl (C=O) groups is 1. The summed E-state index contributed by atoms with van der Waals surface area (Å²) in [5, 5.41) is 12.1. The number of fused-ring (bicyclic) bond motifs is 4. The molecule has 196 valence electrons. The van der Waals surface area contributed by atoms with Gasteiger partial charge in [-0.05, 0) is 113 Å². The van der Waals surface area contributed by atoms with Crippen molar-refractivity contribution in [2.24, 2.45) is 46.4 Å². The normalized spacial score (nSPS) is 50.0. The molecule has 5 heteroatoms. The van der Waals surface area contributed by atoms with Crippen molar-refractivity contribution in [1.82, 2.24) is 9.80 Å². The molecule has 2 bridgehead atoms. The smallest absolute Gasteiger partial charge is 0.219 e. The number of rotatable bonds is 2. The largest absolute Gasteiger partial charge is 0.384 e. The molecule has 1 N–H and O–H groups in total. The number of piperidine rings is 2. The Balaban J connectivity index is 1.24. The molecule has 1 amide bonds. The van der Waals surface area contributed by atoms with Gasteiger partial charge >= 0.3 is 0 Å². The molecule has 3 heterocycles. The molecule has 6 rings (SSSR count). The highest BCUT2D eigenvalue weighted by atomic mass is 16.3. The predicted molar refractivity (Wildman–Crippen MR) is 140 cm³/mol. The first-order chi connectivity index (χ1) is 16.7. The molecular formula is C30H49N3O2. The summed E-state index contributed by atoms with van der Waals surface area (Å²) in [7, 11) is 2.31. The topological polar surface area (TPSA) is 56.1 Å². The summed E-state index contributed by atoms with van der Waals surface area (Å²) in [4.78, 5) is 22.6. The monoisotopic (exact) mass is 483 g/mol. The van der Waals surface area contributed by atoms with Crippen molar-refractivity contribution in [2.75, 3.05) is 20.1 Å². The second-order valence-corrected chi connectivity index (χ2v) is 14.0. The zero-order chi connectivity index (χ0) is 24.5. The highest BCUT2D eigenvalue weighted by Crippen LogP contribution is 2.52. The van der Waals surface area contributed by atoms with Crippen molar-refractivity contribution in [3.05, 3.63) is 0 Å². The standard InChI is InChI=1S/C30H49N3O2/c1-18-11-22-15-29-30(35,23-16-26(22)27(12-18)32(4)17-23)8-7-24(31-29)14-21-10-19(2)13-28-25(21)6-5-9-33(28)20(3)34/h18-19,21-28,35H,5-17H2,1-4H3/t18-,19+,21-,22+,23-,24+,25+,26-,27+,28-,30-/m1/s1. The van der Waals surface area contributed by atoms with E-state index in [9.17, 15) is 9.90 Å². The summed E-state index contributed by atoms with van der Waals surface area (Å²) in [5.41, 5.74) is 0.512. The molecule has 6 aliphatic rings. The van der Waals surface area contributed by atoms with Crippen molar-refractivity contribution in [2.45, 2.75) is 115 Å². The molecule has 35 heavy (non-hydrogen) atoms. The van der Waals surface area contributed by atoms with E-state index >= 15 is 0 Å². The van der Waals surface area contributed by atoms with Gasteiger partial charge in [-0.2, -0.15) is 0 Å². The van der Waals surface area contributed by atoms with Crippen LogP contribution in [-0.2, 0) is 4.79 Å². The predicted octanol–water partition coefficient (Wildman–Crippen LogP) is 4.77. The van der Waals surface area contributed by atoms with Gasteiger partial charge < -0.3 is 14.9 Å². The van der Waals surface area contributed by atoms with Crippen LogP contribution < -0.4 is 0 Å². The lowest BCUT2D eigenvalue weighted by Gasteiger charge is -2.51. The average molecular weight is 484 g/mol. The van der Waals surface area contributed by atoms with Gasteiger partial charge in [0.2, 0.25) is 5.91 Å². The van der Waals surface area contributed by atoms with Crippen LogP contribution in [0.2, 0.25) is 0 Å². The summed E-state index contributed by atoms with van der Waals surface area (Å²) in [6.45, 7) is 8.58. The highest BCUT2D eigenvalue weighted by molar-refractivity contribution is 5.94. The van der Waals surface area contributed by atoms with Crippen molar-refractivity contribution < 1.29 is 9.90 Å². The molecule has 11 atom stereocenters. The lowest BCUT2D eigenvalue weighted by Crippen LogP contribution is -2.57. The minimum atomic E-state index is -0.672. The van der Waals surface area contributed by atoms with Gasteiger partial charge in [-0.15, -0.1) is 0 Å². The van der Waals surface area contributed by atoms with E-state index in [1.807, 2.05) is 0 Å². The van der Waals surface area contributed by atoms with Crippen LogP contribution in [0.4, 0.5) is 0 Å². The second-order valence-electron chi connectivity index (χ2n) is 14.0. The van der Waals surface area contributed by atoms with Crippen LogP contribution in [0.15, 0.2) is 4.99 Å². The minimum Gasteiger partial charge on any atom is -0.384 e. The second kappa shape index (κ2) is 9.11. The number of hydrogen-bond acceptors (Lipinski definition) is 4. The molecule has 0 unspecified atom stereocenters. The van der Waals surface area contributed by atoms with Crippen LogP contribution in [0.3, 0.4) is 0 Å². The van der Waals surface area contributed by atoms with Crippen molar-refractivity contribution in [3.63, 3.8) is 0 Å². The summed E-state index contributed by atoms with van der Waals surface area (Å²) in [6, 6.07) is 1.51. The molecule has 0 aromatic rings. The Kier molecular flexibility index (Phi) is 6.35. The molecular weight excluding hydrogens is 434 g/mol. The molecule has 5 fully saturated rings. The Hall–Kier alpha value is -0.940. The van der Waals surface area contributed by atoms with Crippen LogP contribution in [0.25, 0.3) is 0 Å². The fourth-order valence-corrected chi connectivity index (χ4v) is 10.2. The quantitative estimate of drug-likeness (QED) is 0.615. The van der Waals surface area contributed by atoms with Gasteiger partial charge in [-0.1, -0.05) is 13.8 Å². The lowest BCUT2D eigenvalue weighted by molar-refractivity contribution is -0.137. The molecule has 3 aliphatic heterocycles.